The Hall–Kier alpha value is -2.61. The molecule has 1 N–H and O–H groups in total. The monoisotopic (exact) mass is 315 g/mol. The molecule has 0 spiro atoms. The van der Waals surface area contributed by atoms with Crippen LogP contribution in [0, 0.1) is 0 Å². The van der Waals surface area contributed by atoms with Gasteiger partial charge < -0.3 is 5.32 Å². The van der Waals surface area contributed by atoms with Crippen LogP contribution >= 0.6 is 11.3 Å². The van der Waals surface area contributed by atoms with Crippen LogP contribution < -0.4 is 5.32 Å². The van der Waals surface area contributed by atoms with E-state index in [4.69, 9.17) is 0 Å². The van der Waals surface area contributed by atoms with Gasteiger partial charge in [0.05, 0.1) is 17.5 Å². The second-order valence-corrected chi connectivity index (χ2v) is 5.79. The Morgan fingerprint density at radius 3 is 2.73 bits per heavy atom. The fourth-order valence-corrected chi connectivity index (χ4v) is 2.99. The number of para-hydroxylation sites is 2. The van der Waals surface area contributed by atoms with E-state index >= 15 is 0 Å². The molecule has 0 aliphatic rings. The van der Waals surface area contributed by atoms with E-state index in [1.165, 1.54) is 25.2 Å². The number of amides is 1. The molecule has 0 fully saturated rings. The number of nitrogens with zero attached hydrogens (tertiary/aromatic N) is 4. The highest BCUT2D eigenvalue weighted by Gasteiger charge is 2.16. The minimum Gasteiger partial charge on any atom is -0.301 e. The summed E-state index contributed by atoms with van der Waals surface area (Å²) in [4.78, 5) is 27.4. The molecule has 112 valence electrons. The molecule has 22 heavy (non-hydrogen) atoms. The first-order chi connectivity index (χ1) is 10.5. The molecule has 2 heterocycles. The second kappa shape index (κ2) is 5.64. The molecule has 7 nitrogen and oxygen atoms in total. The molecule has 0 aliphatic heterocycles. The highest BCUT2D eigenvalue weighted by molar-refractivity contribution is 7.15. The third-order valence-electron chi connectivity index (χ3n) is 3.00. The number of carbonyl (C=O) groups is 2. The minimum absolute atomic E-state index is 0.102. The number of hydrogen-bond acceptors (Lipinski definition) is 6. The van der Waals surface area contributed by atoms with Gasteiger partial charge in [0, 0.05) is 13.8 Å². The van der Waals surface area contributed by atoms with E-state index in [1.807, 2.05) is 24.3 Å². The van der Waals surface area contributed by atoms with E-state index in [9.17, 15) is 9.59 Å². The van der Waals surface area contributed by atoms with Crippen LogP contribution in [0.15, 0.2) is 24.3 Å². The normalized spacial score (nSPS) is 10.8. The maximum atomic E-state index is 11.9. The summed E-state index contributed by atoms with van der Waals surface area (Å²) >= 11 is 1.27. The molecule has 3 aromatic rings. The number of imidazole rings is 1. The predicted octanol–water partition coefficient (Wildman–Crippen LogP) is 2.10. The van der Waals surface area contributed by atoms with Crippen molar-refractivity contribution in [2.45, 2.75) is 20.3 Å². The summed E-state index contributed by atoms with van der Waals surface area (Å²) < 4.78 is 1.58. The number of nitrogens with one attached hydrogen (secondary N) is 1. The zero-order valence-corrected chi connectivity index (χ0v) is 12.8. The zero-order valence-electron chi connectivity index (χ0n) is 12.0. The van der Waals surface area contributed by atoms with Crippen LogP contribution in [0.4, 0.5) is 5.13 Å². The van der Waals surface area contributed by atoms with Crippen molar-refractivity contribution in [1.82, 2.24) is 19.7 Å². The maximum Gasteiger partial charge on any atom is 0.229 e. The maximum absolute atomic E-state index is 11.9. The SMILES string of the molecule is CC(=O)Nc1nnc(Cc2nc3ccccc3n2C(C)=O)s1. The standard InChI is InChI=1S/C14H13N5O2S/c1-8(20)15-14-18-17-13(22-14)7-12-16-10-5-3-4-6-11(10)19(12)9(2)21/h3-6H,7H2,1-2H3,(H,15,18,20). The van der Waals surface area contributed by atoms with Crippen LogP contribution in [0.25, 0.3) is 11.0 Å². The van der Waals surface area contributed by atoms with E-state index in [-0.39, 0.29) is 11.8 Å². The zero-order chi connectivity index (χ0) is 15.7. The highest BCUT2D eigenvalue weighted by Crippen LogP contribution is 2.21. The molecule has 0 radical (unpaired) electrons. The van der Waals surface area contributed by atoms with Crippen molar-refractivity contribution in [2.24, 2.45) is 0 Å². The number of benzene rings is 1. The van der Waals surface area contributed by atoms with Gasteiger partial charge >= 0.3 is 0 Å². The summed E-state index contributed by atoms with van der Waals surface area (Å²) in [6, 6.07) is 7.47. The Morgan fingerprint density at radius 2 is 2.00 bits per heavy atom. The van der Waals surface area contributed by atoms with Gasteiger partial charge in [0.15, 0.2) is 0 Å². The lowest BCUT2D eigenvalue weighted by atomic mass is 10.3. The Bertz CT molecular complexity index is 867. The van der Waals surface area contributed by atoms with E-state index in [0.29, 0.717) is 22.4 Å². The van der Waals surface area contributed by atoms with Crippen LogP contribution in [-0.2, 0) is 11.2 Å². The molecule has 1 amide bonds. The molecular formula is C14H13N5O2S. The number of anilines is 1. The Balaban J connectivity index is 1.96. The summed E-state index contributed by atoms with van der Waals surface area (Å²) in [7, 11) is 0. The van der Waals surface area contributed by atoms with Gasteiger partial charge in [-0.05, 0) is 12.1 Å². The summed E-state index contributed by atoms with van der Waals surface area (Å²) in [6.07, 6.45) is 0.380. The molecule has 0 unspecified atom stereocenters. The van der Waals surface area contributed by atoms with Crippen LogP contribution in [0.2, 0.25) is 0 Å². The van der Waals surface area contributed by atoms with Crippen LogP contribution in [0.5, 0.6) is 0 Å². The highest BCUT2D eigenvalue weighted by atomic mass is 32.1. The van der Waals surface area contributed by atoms with Crippen molar-refractivity contribution in [2.75, 3.05) is 5.32 Å². The fraction of sp³-hybridized carbons (Fsp3) is 0.214. The fourth-order valence-electron chi connectivity index (χ4n) is 2.21. The minimum atomic E-state index is -0.196. The first kappa shape index (κ1) is 14.3. The van der Waals surface area contributed by atoms with Gasteiger partial charge in [0.1, 0.15) is 10.8 Å². The predicted molar refractivity (Wildman–Crippen MR) is 83.1 cm³/mol. The molecule has 0 bridgehead atoms. The molecule has 2 aromatic heterocycles. The van der Waals surface area contributed by atoms with Gasteiger partial charge in [0.2, 0.25) is 16.9 Å². The summed E-state index contributed by atoms with van der Waals surface area (Å²) in [5, 5.41) is 11.6. The molecule has 0 saturated heterocycles. The van der Waals surface area contributed by atoms with Gasteiger partial charge in [-0.25, -0.2) is 4.98 Å². The van der Waals surface area contributed by atoms with Gasteiger partial charge in [0.25, 0.3) is 0 Å². The van der Waals surface area contributed by atoms with Gasteiger partial charge in [-0.1, -0.05) is 23.5 Å². The van der Waals surface area contributed by atoms with Gasteiger partial charge in [-0.3, -0.25) is 14.2 Å². The average molecular weight is 315 g/mol. The van der Waals surface area contributed by atoms with Crippen molar-refractivity contribution >= 4 is 39.3 Å². The molecule has 1 aromatic carbocycles. The van der Waals surface area contributed by atoms with E-state index in [0.717, 1.165) is 11.0 Å². The van der Waals surface area contributed by atoms with Crippen molar-refractivity contribution in [1.29, 1.82) is 0 Å². The van der Waals surface area contributed by atoms with Crippen molar-refractivity contribution in [3.8, 4) is 0 Å². The molecule has 0 atom stereocenters. The van der Waals surface area contributed by atoms with Gasteiger partial charge in [-0.15, -0.1) is 10.2 Å². The lowest BCUT2D eigenvalue weighted by Gasteiger charge is -2.02. The average Bonchev–Trinajstić information content (AvgIpc) is 3.02. The van der Waals surface area contributed by atoms with E-state index in [1.54, 1.807) is 4.57 Å². The third kappa shape index (κ3) is 2.73. The Labute approximate surface area is 130 Å². The summed E-state index contributed by atoms with van der Waals surface area (Å²) in [5.41, 5.74) is 1.54. The molecule has 0 saturated carbocycles. The first-order valence-electron chi connectivity index (χ1n) is 6.62. The number of aromatic nitrogens is 4. The van der Waals surface area contributed by atoms with Crippen molar-refractivity contribution < 1.29 is 9.59 Å². The number of rotatable bonds is 3. The molecule has 0 aliphatic carbocycles. The lowest BCUT2D eigenvalue weighted by Crippen LogP contribution is -2.10. The molecule has 3 rings (SSSR count). The van der Waals surface area contributed by atoms with Crippen molar-refractivity contribution in [3.63, 3.8) is 0 Å². The van der Waals surface area contributed by atoms with Crippen LogP contribution in [0.1, 0.15) is 29.5 Å². The second-order valence-electron chi connectivity index (χ2n) is 4.73. The van der Waals surface area contributed by atoms with Crippen molar-refractivity contribution in [3.05, 3.63) is 35.1 Å². The van der Waals surface area contributed by atoms with Gasteiger partial charge in [-0.2, -0.15) is 0 Å². The number of carbonyl (C=O) groups excluding carboxylic acids is 2. The third-order valence-corrected chi connectivity index (χ3v) is 3.84. The Kier molecular flexibility index (Phi) is 3.68. The number of hydrogen-bond donors (Lipinski definition) is 1. The largest absolute Gasteiger partial charge is 0.301 e. The topological polar surface area (TPSA) is 89.8 Å². The Morgan fingerprint density at radius 1 is 1.23 bits per heavy atom. The molecule has 8 heteroatoms. The molecular weight excluding hydrogens is 302 g/mol. The van der Waals surface area contributed by atoms with Crippen LogP contribution in [-0.4, -0.2) is 31.6 Å². The summed E-state index contributed by atoms with van der Waals surface area (Å²) in [5.74, 6) is 0.313. The smallest absolute Gasteiger partial charge is 0.229 e. The quantitative estimate of drug-likeness (QED) is 0.799. The summed E-state index contributed by atoms with van der Waals surface area (Å²) in [6.45, 7) is 2.91. The van der Waals surface area contributed by atoms with E-state index < -0.39 is 0 Å². The lowest BCUT2D eigenvalue weighted by molar-refractivity contribution is -0.114. The number of fused-ring (bicyclic) bond motifs is 1. The van der Waals surface area contributed by atoms with E-state index in [2.05, 4.69) is 20.5 Å². The van der Waals surface area contributed by atoms with Crippen LogP contribution in [0.3, 0.4) is 0 Å². The first-order valence-corrected chi connectivity index (χ1v) is 7.43.